The van der Waals surface area contributed by atoms with Crippen molar-refractivity contribution in [1.82, 2.24) is 16.0 Å². The average Bonchev–Trinajstić information content (AvgIpc) is 2.48. The van der Waals surface area contributed by atoms with Gasteiger partial charge in [-0.25, -0.2) is 0 Å². The van der Waals surface area contributed by atoms with Gasteiger partial charge in [-0.3, -0.25) is 5.32 Å². The second-order valence-electron chi connectivity index (χ2n) is 7.61. The van der Waals surface area contributed by atoms with Crippen LogP contribution in [0.3, 0.4) is 0 Å². The molecule has 3 N–H and O–H groups in total. The lowest BCUT2D eigenvalue weighted by Crippen LogP contribution is -2.41. The average molecular weight is 314 g/mol. The lowest BCUT2D eigenvalue weighted by atomic mass is 9.91. The van der Waals surface area contributed by atoms with Gasteiger partial charge in [0.25, 0.3) is 0 Å². The highest BCUT2D eigenvalue weighted by Gasteiger charge is 2.20. The Hall–Kier alpha value is -0.160. The first-order valence-corrected chi connectivity index (χ1v) is 9.26. The first kappa shape index (κ1) is 19.9. The van der Waals surface area contributed by atoms with Crippen LogP contribution in [0, 0.1) is 0 Å². The van der Waals surface area contributed by atoms with Crippen molar-refractivity contribution >= 4 is 0 Å². The third-order valence-corrected chi connectivity index (χ3v) is 4.30. The Morgan fingerprint density at radius 2 is 1.55 bits per heavy atom. The van der Waals surface area contributed by atoms with E-state index in [1.807, 2.05) is 7.05 Å². The number of nitrogens with one attached hydrogen (secondary N) is 3. The highest BCUT2D eigenvalue weighted by atomic mass is 16.5. The van der Waals surface area contributed by atoms with Crippen LogP contribution in [0.4, 0.5) is 0 Å². The van der Waals surface area contributed by atoms with E-state index in [0.29, 0.717) is 0 Å². The SMILES string of the molecule is CCCNC1CCC(NCCCC(NC)OC(C)(C)C)CC1. The maximum absolute atomic E-state index is 5.98. The molecular formula is C18H39N3O. The second-order valence-corrected chi connectivity index (χ2v) is 7.61. The van der Waals surface area contributed by atoms with Crippen LogP contribution in [0.15, 0.2) is 0 Å². The maximum Gasteiger partial charge on any atom is 0.108 e. The lowest BCUT2D eigenvalue weighted by molar-refractivity contribution is -0.0753. The number of ether oxygens (including phenoxy) is 1. The molecule has 1 atom stereocenters. The van der Waals surface area contributed by atoms with Gasteiger partial charge in [0.2, 0.25) is 0 Å². The molecule has 1 unspecified atom stereocenters. The predicted molar refractivity (Wildman–Crippen MR) is 95.3 cm³/mol. The van der Waals surface area contributed by atoms with Crippen molar-refractivity contribution in [2.45, 2.75) is 96.6 Å². The summed E-state index contributed by atoms with van der Waals surface area (Å²) in [7, 11) is 1.98. The molecule has 1 aliphatic carbocycles. The monoisotopic (exact) mass is 313 g/mol. The largest absolute Gasteiger partial charge is 0.358 e. The summed E-state index contributed by atoms with van der Waals surface area (Å²) in [6.45, 7) is 10.8. The molecule has 4 heteroatoms. The molecule has 1 rings (SSSR count). The van der Waals surface area contributed by atoms with E-state index in [1.165, 1.54) is 38.6 Å². The van der Waals surface area contributed by atoms with Crippen molar-refractivity contribution in [2.75, 3.05) is 20.1 Å². The molecule has 0 heterocycles. The van der Waals surface area contributed by atoms with Crippen LogP contribution in [0.5, 0.6) is 0 Å². The van der Waals surface area contributed by atoms with Gasteiger partial charge in [-0.15, -0.1) is 0 Å². The van der Waals surface area contributed by atoms with Gasteiger partial charge in [-0.1, -0.05) is 6.92 Å². The van der Waals surface area contributed by atoms with Gasteiger partial charge in [0, 0.05) is 12.1 Å². The molecule has 1 saturated carbocycles. The van der Waals surface area contributed by atoms with Crippen molar-refractivity contribution in [3.63, 3.8) is 0 Å². The summed E-state index contributed by atoms with van der Waals surface area (Å²) in [5.41, 5.74) is -0.0784. The van der Waals surface area contributed by atoms with Crippen LogP contribution in [-0.4, -0.2) is 44.0 Å². The summed E-state index contributed by atoms with van der Waals surface area (Å²) in [5, 5.41) is 10.6. The normalized spacial score (nSPS) is 24.4. The summed E-state index contributed by atoms with van der Waals surface area (Å²) >= 11 is 0. The van der Waals surface area contributed by atoms with E-state index in [0.717, 1.165) is 31.5 Å². The minimum Gasteiger partial charge on any atom is -0.358 e. The Balaban J connectivity index is 2.07. The molecule has 0 bridgehead atoms. The molecule has 22 heavy (non-hydrogen) atoms. The summed E-state index contributed by atoms with van der Waals surface area (Å²) in [4.78, 5) is 0. The van der Waals surface area contributed by atoms with Crippen molar-refractivity contribution in [2.24, 2.45) is 0 Å². The van der Waals surface area contributed by atoms with E-state index in [1.54, 1.807) is 0 Å². The van der Waals surface area contributed by atoms with Gasteiger partial charge in [0.05, 0.1) is 5.60 Å². The summed E-state index contributed by atoms with van der Waals surface area (Å²) < 4.78 is 5.98. The fourth-order valence-electron chi connectivity index (χ4n) is 3.13. The maximum atomic E-state index is 5.98. The Bertz CT molecular complexity index is 270. The molecule has 1 aliphatic rings. The summed E-state index contributed by atoms with van der Waals surface area (Å²) in [6, 6.07) is 1.48. The number of hydrogen-bond donors (Lipinski definition) is 3. The van der Waals surface area contributed by atoms with Crippen LogP contribution in [0.25, 0.3) is 0 Å². The van der Waals surface area contributed by atoms with Gasteiger partial charge in [-0.05, 0) is 85.9 Å². The highest BCUT2D eigenvalue weighted by molar-refractivity contribution is 4.80. The zero-order chi connectivity index (χ0) is 16.4. The summed E-state index contributed by atoms with van der Waals surface area (Å²) in [6.07, 6.45) is 8.90. The Morgan fingerprint density at radius 3 is 2.00 bits per heavy atom. The van der Waals surface area contributed by atoms with Gasteiger partial charge < -0.3 is 15.4 Å². The van der Waals surface area contributed by atoms with Crippen LogP contribution < -0.4 is 16.0 Å². The Morgan fingerprint density at radius 1 is 1.00 bits per heavy atom. The lowest BCUT2D eigenvalue weighted by Gasteiger charge is -2.30. The van der Waals surface area contributed by atoms with E-state index in [-0.39, 0.29) is 11.8 Å². The standard InChI is InChI=1S/C18H39N3O/c1-6-13-20-15-9-11-16(12-10-15)21-14-7-8-17(19-5)22-18(2,3)4/h15-17,19-21H,6-14H2,1-5H3. The highest BCUT2D eigenvalue weighted by Crippen LogP contribution is 2.19. The van der Waals surface area contributed by atoms with Crippen molar-refractivity contribution in [3.8, 4) is 0 Å². The molecule has 0 saturated heterocycles. The van der Waals surface area contributed by atoms with E-state index < -0.39 is 0 Å². The van der Waals surface area contributed by atoms with Crippen LogP contribution >= 0.6 is 0 Å². The molecule has 0 aromatic carbocycles. The minimum atomic E-state index is -0.0784. The number of hydrogen-bond acceptors (Lipinski definition) is 4. The quantitative estimate of drug-likeness (QED) is 0.428. The van der Waals surface area contributed by atoms with Crippen LogP contribution in [0.1, 0.15) is 72.6 Å². The second kappa shape index (κ2) is 10.6. The topological polar surface area (TPSA) is 45.3 Å². The summed E-state index contributed by atoms with van der Waals surface area (Å²) in [5.74, 6) is 0. The zero-order valence-corrected chi connectivity index (χ0v) is 15.5. The smallest absolute Gasteiger partial charge is 0.108 e. The molecular weight excluding hydrogens is 274 g/mol. The molecule has 132 valence electrons. The Labute approximate surface area is 138 Å². The molecule has 0 aromatic heterocycles. The van der Waals surface area contributed by atoms with Gasteiger partial charge in [0.1, 0.15) is 6.23 Å². The molecule has 0 amide bonds. The molecule has 0 aromatic rings. The van der Waals surface area contributed by atoms with Crippen molar-refractivity contribution < 1.29 is 4.74 Å². The first-order chi connectivity index (χ1) is 10.4. The van der Waals surface area contributed by atoms with Gasteiger partial charge in [-0.2, -0.15) is 0 Å². The fraction of sp³-hybridized carbons (Fsp3) is 1.00. The first-order valence-electron chi connectivity index (χ1n) is 9.26. The molecule has 1 fully saturated rings. The predicted octanol–water partition coefficient (Wildman–Crippen LogP) is 3.03. The number of rotatable bonds is 10. The van der Waals surface area contributed by atoms with Gasteiger partial charge in [0.15, 0.2) is 0 Å². The molecule has 4 nitrogen and oxygen atoms in total. The van der Waals surface area contributed by atoms with E-state index in [4.69, 9.17) is 4.74 Å². The molecule has 0 radical (unpaired) electrons. The van der Waals surface area contributed by atoms with E-state index in [9.17, 15) is 0 Å². The third kappa shape index (κ3) is 9.09. The Kier molecular flexibility index (Phi) is 9.57. The van der Waals surface area contributed by atoms with E-state index in [2.05, 4.69) is 43.6 Å². The molecule has 0 aliphatic heterocycles. The fourth-order valence-corrected chi connectivity index (χ4v) is 3.13. The minimum absolute atomic E-state index is 0.0784. The zero-order valence-electron chi connectivity index (χ0n) is 15.5. The molecule has 0 spiro atoms. The van der Waals surface area contributed by atoms with Crippen LogP contribution in [0.2, 0.25) is 0 Å². The van der Waals surface area contributed by atoms with E-state index >= 15 is 0 Å². The van der Waals surface area contributed by atoms with Crippen molar-refractivity contribution in [3.05, 3.63) is 0 Å². The van der Waals surface area contributed by atoms with Crippen LogP contribution in [-0.2, 0) is 4.74 Å². The third-order valence-electron chi connectivity index (χ3n) is 4.30. The van der Waals surface area contributed by atoms with Gasteiger partial charge >= 0.3 is 0 Å². The van der Waals surface area contributed by atoms with Crippen molar-refractivity contribution in [1.29, 1.82) is 0 Å².